The van der Waals surface area contributed by atoms with Crippen LogP contribution < -0.4 is 5.73 Å². The van der Waals surface area contributed by atoms with Crippen molar-refractivity contribution in [1.29, 1.82) is 0 Å². The number of anilines is 1. The van der Waals surface area contributed by atoms with Gasteiger partial charge in [-0.05, 0) is 36.2 Å². The minimum atomic E-state index is 0.0753. The molecule has 0 fully saturated rings. The quantitative estimate of drug-likeness (QED) is 0.354. The molecule has 0 bridgehead atoms. The number of Topliss-reactive ketones (excluding diaryl/α,β-unsaturated/α-hetero) is 1. The zero-order valence-corrected chi connectivity index (χ0v) is 18.1. The van der Waals surface area contributed by atoms with E-state index in [1.54, 1.807) is 11.3 Å². The van der Waals surface area contributed by atoms with E-state index in [0.717, 1.165) is 23.1 Å². The summed E-state index contributed by atoms with van der Waals surface area (Å²) >= 11 is 3.11. The van der Waals surface area contributed by atoms with E-state index in [2.05, 4.69) is 25.8 Å². The Morgan fingerprint density at radius 2 is 2.00 bits per heavy atom. The monoisotopic (exact) mass is 411 g/mol. The number of hydrogen-bond acceptors (Lipinski definition) is 6. The van der Waals surface area contributed by atoms with Gasteiger partial charge in [0.05, 0.1) is 11.1 Å². The molecule has 0 saturated carbocycles. The average molecular weight is 412 g/mol. The first kappa shape index (κ1) is 19.4. The molecule has 2 aromatic heterocycles. The molecule has 0 amide bonds. The smallest absolute Gasteiger partial charge is 0.191 e. The van der Waals surface area contributed by atoms with Crippen molar-refractivity contribution in [2.24, 2.45) is 11.3 Å². The Morgan fingerprint density at radius 3 is 2.71 bits per heavy atom. The average Bonchev–Trinajstić information content (AvgIpc) is 3.04. The minimum Gasteiger partial charge on any atom is -0.383 e. The van der Waals surface area contributed by atoms with Gasteiger partial charge in [-0.3, -0.25) is 4.79 Å². The first-order valence-corrected chi connectivity index (χ1v) is 11.4. The van der Waals surface area contributed by atoms with Crippen molar-refractivity contribution in [3.05, 3.63) is 46.3 Å². The highest BCUT2D eigenvalue weighted by Gasteiger charge is 2.31. The largest absolute Gasteiger partial charge is 0.383 e. The number of ketones is 1. The fourth-order valence-corrected chi connectivity index (χ4v) is 5.94. The molecule has 3 aromatic rings. The van der Waals surface area contributed by atoms with E-state index in [1.165, 1.54) is 28.6 Å². The molecular formula is C22H25N3OS2. The van der Waals surface area contributed by atoms with E-state index in [-0.39, 0.29) is 5.78 Å². The second kappa shape index (κ2) is 7.48. The van der Waals surface area contributed by atoms with Gasteiger partial charge in [-0.15, -0.1) is 11.3 Å². The Balaban J connectivity index is 1.57. The number of hydrogen-bond donors (Lipinski definition) is 1. The fourth-order valence-electron chi connectivity index (χ4n) is 3.83. The Bertz CT molecular complexity index is 1020. The van der Waals surface area contributed by atoms with E-state index in [4.69, 9.17) is 10.7 Å². The Morgan fingerprint density at radius 1 is 1.25 bits per heavy atom. The van der Waals surface area contributed by atoms with E-state index < -0.39 is 0 Å². The maximum absolute atomic E-state index is 12.4. The van der Waals surface area contributed by atoms with Crippen molar-refractivity contribution >= 4 is 44.9 Å². The number of carbonyl (C=O) groups excluding carboxylic acids is 1. The van der Waals surface area contributed by atoms with Gasteiger partial charge in [0.2, 0.25) is 0 Å². The lowest BCUT2D eigenvalue weighted by molar-refractivity contribution is 0.102. The van der Waals surface area contributed by atoms with Crippen molar-refractivity contribution < 1.29 is 4.79 Å². The molecule has 0 saturated heterocycles. The number of thiophene rings is 1. The molecule has 0 spiro atoms. The number of aromatic nitrogens is 2. The standard InChI is InChI=1S/C22H25N3OS2/c1-22(2,3)14-9-10-15-17(11-14)28-20-18(15)19(23)24-21(25-20)27-12-16(26)13-7-5-4-6-8-13/h4-8,14H,9-12H2,1-3H3,(H2,23,24,25)/t14-/m1/s1. The number of nitrogen functional groups attached to an aromatic ring is 1. The molecule has 1 atom stereocenters. The lowest BCUT2D eigenvalue weighted by atomic mass is 9.72. The lowest BCUT2D eigenvalue weighted by Gasteiger charge is -2.33. The van der Waals surface area contributed by atoms with Crippen LogP contribution in [0.1, 0.15) is 48.0 Å². The predicted molar refractivity (Wildman–Crippen MR) is 118 cm³/mol. The van der Waals surface area contributed by atoms with Gasteiger partial charge in [0.15, 0.2) is 10.9 Å². The summed E-state index contributed by atoms with van der Waals surface area (Å²) in [6, 6.07) is 9.32. The summed E-state index contributed by atoms with van der Waals surface area (Å²) in [6.07, 6.45) is 3.32. The molecule has 2 heterocycles. The molecule has 6 heteroatoms. The summed E-state index contributed by atoms with van der Waals surface area (Å²) in [5, 5.41) is 1.62. The molecule has 0 aliphatic heterocycles. The van der Waals surface area contributed by atoms with Crippen LogP contribution in [0, 0.1) is 11.3 Å². The highest BCUT2D eigenvalue weighted by molar-refractivity contribution is 7.99. The van der Waals surface area contributed by atoms with Crippen LogP contribution in [0.3, 0.4) is 0 Å². The van der Waals surface area contributed by atoms with Gasteiger partial charge in [-0.25, -0.2) is 9.97 Å². The number of aryl methyl sites for hydroxylation is 1. The van der Waals surface area contributed by atoms with Gasteiger partial charge in [-0.1, -0.05) is 62.9 Å². The molecule has 1 aromatic carbocycles. The van der Waals surface area contributed by atoms with Gasteiger partial charge in [0, 0.05) is 10.4 Å². The molecular weight excluding hydrogens is 386 g/mol. The number of carbonyl (C=O) groups is 1. The van der Waals surface area contributed by atoms with Crippen LogP contribution in [0.4, 0.5) is 5.82 Å². The zero-order valence-electron chi connectivity index (χ0n) is 16.5. The molecule has 1 aliphatic carbocycles. The van der Waals surface area contributed by atoms with Crippen molar-refractivity contribution in [3.63, 3.8) is 0 Å². The third-order valence-electron chi connectivity index (χ3n) is 5.57. The maximum atomic E-state index is 12.4. The first-order valence-electron chi connectivity index (χ1n) is 9.61. The number of nitrogens with zero attached hydrogens (tertiary/aromatic N) is 2. The molecule has 146 valence electrons. The van der Waals surface area contributed by atoms with Gasteiger partial charge in [0.25, 0.3) is 0 Å². The lowest BCUT2D eigenvalue weighted by Crippen LogP contribution is -2.26. The third kappa shape index (κ3) is 3.80. The first-order chi connectivity index (χ1) is 13.3. The van der Waals surface area contributed by atoms with Crippen LogP contribution in [0.25, 0.3) is 10.2 Å². The van der Waals surface area contributed by atoms with Crippen LogP contribution in [0.15, 0.2) is 35.5 Å². The number of rotatable bonds is 4. The molecule has 4 rings (SSSR count). The Hall–Kier alpha value is -1.92. The van der Waals surface area contributed by atoms with Crippen LogP contribution in [-0.4, -0.2) is 21.5 Å². The second-order valence-electron chi connectivity index (χ2n) is 8.46. The summed E-state index contributed by atoms with van der Waals surface area (Å²) < 4.78 is 0. The molecule has 2 N–H and O–H groups in total. The number of nitrogens with two attached hydrogens (primary N) is 1. The molecule has 4 nitrogen and oxygen atoms in total. The second-order valence-corrected chi connectivity index (χ2v) is 10.5. The van der Waals surface area contributed by atoms with Crippen molar-refractivity contribution in [2.75, 3.05) is 11.5 Å². The molecule has 28 heavy (non-hydrogen) atoms. The zero-order chi connectivity index (χ0) is 19.9. The predicted octanol–water partition coefficient (Wildman–Crippen LogP) is 5.40. The van der Waals surface area contributed by atoms with Gasteiger partial charge >= 0.3 is 0 Å². The third-order valence-corrected chi connectivity index (χ3v) is 7.56. The Kier molecular flexibility index (Phi) is 5.19. The topological polar surface area (TPSA) is 68.9 Å². The normalized spacial score (nSPS) is 16.9. The molecule has 0 radical (unpaired) electrons. The fraction of sp³-hybridized carbons (Fsp3) is 0.409. The number of fused-ring (bicyclic) bond motifs is 3. The van der Waals surface area contributed by atoms with Crippen LogP contribution >= 0.6 is 23.1 Å². The van der Waals surface area contributed by atoms with E-state index in [9.17, 15) is 4.79 Å². The van der Waals surface area contributed by atoms with Crippen LogP contribution in [0.2, 0.25) is 0 Å². The minimum absolute atomic E-state index is 0.0753. The number of benzene rings is 1. The maximum Gasteiger partial charge on any atom is 0.191 e. The van der Waals surface area contributed by atoms with Gasteiger partial charge < -0.3 is 5.73 Å². The van der Waals surface area contributed by atoms with Crippen LogP contribution in [-0.2, 0) is 12.8 Å². The Labute approximate surface area is 174 Å². The van der Waals surface area contributed by atoms with Crippen LogP contribution in [0.5, 0.6) is 0 Å². The summed E-state index contributed by atoms with van der Waals surface area (Å²) in [5.74, 6) is 1.61. The van der Waals surface area contributed by atoms with Crippen molar-refractivity contribution in [1.82, 2.24) is 9.97 Å². The van der Waals surface area contributed by atoms with Crippen molar-refractivity contribution in [3.8, 4) is 0 Å². The van der Waals surface area contributed by atoms with Crippen molar-refractivity contribution in [2.45, 2.75) is 45.2 Å². The summed E-state index contributed by atoms with van der Waals surface area (Å²) in [4.78, 5) is 23.9. The van der Waals surface area contributed by atoms with E-state index in [1.807, 2.05) is 30.3 Å². The number of thioether (sulfide) groups is 1. The van der Waals surface area contributed by atoms with E-state index >= 15 is 0 Å². The van der Waals surface area contributed by atoms with Gasteiger partial charge in [-0.2, -0.15) is 0 Å². The van der Waals surface area contributed by atoms with E-state index in [0.29, 0.717) is 33.6 Å². The summed E-state index contributed by atoms with van der Waals surface area (Å²) in [6.45, 7) is 6.97. The SMILES string of the molecule is CC(C)(C)[C@@H]1CCc2c(sc3nc(SCC(=O)c4ccccc4)nc(N)c23)C1. The highest BCUT2D eigenvalue weighted by Crippen LogP contribution is 2.44. The highest BCUT2D eigenvalue weighted by atomic mass is 32.2. The molecule has 0 unspecified atom stereocenters. The molecule has 1 aliphatic rings. The van der Waals surface area contributed by atoms with Gasteiger partial charge in [0.1, 0.15) is 10.6 Å². The summed E-state index contributed by atoms with van der Waals surface area (Å²) in [5.41, 5.74) is 8.68. The summed E-state index contributed by atoms with van der Waals surface area (Å²) in [7, 11) is 0.